The molecule has 0 bridgehead atoms. The fourth-order valence-electron chi connectivity index (χ4n) is 1.76. The second kappa shape index (κ2) is 3.68. The third kappa shape index (κ3) is 1.87. The van der Waals surface area contributed by atoms with Gasteiger partial charge in [-0.1, -0.05) is 19.6 Å². The topological polar surface area (TPSA) is 21.6 Å². The van der Waals surface area contributed by atoms with Crippen molar-refractivity contribution in [3.63, 3.8) is 0 Å². The van der Waals surface area contributed by atoms with Crippen LogP contribution in [-0.4, -0.2) is 27.1 Å². The summed E-state index contributed by atoms with van der Waals surface area (Å²) < 4.78 is 5.51. The van der Waals surface area contributed by atoms with Gasteiger partial charge in [0.15, 0.2) is 5.90 Å². The first-order valence-corrected chi connectivity index (χ1v) is 8.53. The Morgan fingerprint density at radius 1 is 1.29 bits per heavy atom. The minimum Gasteiger partial charge on any atom is -0.479 e. The predicted molar refractivity (Wildman–Crippen MR) is 61.0 cm³/mol. The van der Waals surface area contributed by atoms with Gasteiger partial charge in [0.2, 0.25) is 0 Å². The fraction of sp³-hybridized carbons (Fsp3) is 0.455. The highest BCUT2D eigenvalue weighted by Crippen LogP contribution is 2.41. The number of hydrogen-bond acceptors (Lipinski definition) is 2. The summed E-state index contributed by atoms with van der Waals surface area (Å²) in [6.45, 7) is 8.60. The van der Waals surface area contributed by atoms with Crippen LogP contribution in [0.2, 0.25) is 19.6 Å². The van der Waals surface area contributed by atoms with Crippen LogP contribution in [0.15, 0.2) is 4.99 Å². The van der Waals surface area contributed by atoms with E-state index < -0.39 is 8.07 Å². The predicted octanol–water partition coefficient (Wildman–Crippen LogP) is 2.07. The molecule has 0 saturated heterocycles. The Morgan fingerprint density at radius 2 is 2.07 bits per heavy atom. The Morgan fingerprint density at radius 3 is 2.64 bits per heavy atom. The van der Waals surface area contributed by atoms with Gasteiger partial charge in [0.25, 0.3) is 0 Å². The van der Waals surface area contributed by atoms with Crippen LogP contribution in [0.3, 0.4) is 0 Å². The van der Waals surface area contributed by atoms with Crippen LogP contribution in [0.4, 0.5) is 0 Å². The van der Waals surface area contributed by atoms with Crippen molar-refractivity contribution in [1.82, 2.24) is 0 Å². The molecule has 1 aliphatic heterocycles. The maximum Gasteiger partial charge on any atom is 0.191 e. The Balaban J connectivity index is 2.10. The molecule has 0 unspecified atom stereocenters. The highest BCUT2D eigenvalue weighted by atomic mass is 28.3. The molecule has 0 spiro atoms. The highest BCUT2D eigenvalue weighted by Gasteiger charge is 2.42. The number of aliphatic imine (C=N–C) groups is 1. The van der Waals surface area contributed by atoms with Gasteiger partial charge in [-0.05, 0) is 24.8 Å². The molecule has 2 nitrogen and oxygen atoms in total. The fourth-order valence-corrected chi connectivity index (χ4v) is 3.35. The normalized spacial score (nSPS) is 25.2. The molecular weight excluding hydrogens is 190 g/mol. The van der Waals surface area contributed by atoms with Gasteiger partial charge < -0.3 is 4.74 Å². The first kappa shape index (κ1) is 10.2. The average molecular weight is 206 g/mol. The molecule has 0 atom stereocenters. The number of nitrogens with zero attached hydrogens (tertiary/aromatic N) is 1. The van der Waals surface area contributed by atoms with Gasteiger partial charge >= 0.3 is 0 Å². The van der Waals surface area contributed by atoms with E-state index in [0.29, 0.717) is 0 Å². The lowest BCUT2D eigenvalue weighted by molar-refractivity contribution is 0.344. The van der Waals surface area contributed by atoms with E-state index >= 15 is 0 Å². The van der Waals surface area contributed by atoms with Gasteiger partial charge in [0, 0.05) is 0 Å². The van der Waals surface area contributed by atoms with Crippen LogP contribution in [0, 0.1) is 30.7 Å². The zero-order valence-corrected chi connectivity index (χ0v) is 10.0. The van der Waals surface area contributed by atoms with Crippen molar-refractivity contribution in [2.24, 2.45) is 4.99 Å². The molecule has 0 aromatic rings. The third-order valence-electron chi connectivity index (χ3n) is 2.44. The van der Waals surface area contributed by atoms with Gasteiger partial charge in [-0.2, -0.15) is 0 Å². The maximum absolute atomic E-state index is 5.51. The van der Waals surface area contributed by atoms with Crippen LogP contribution in [0.1, 0.15) is 0 Å². The summed E-state index contributed by atoms with van der Waals surface area (Å²) in [5.41, 5.74) is 1.46. The molecule has 1 saturated carbocycles. The summed E-state index contributed by atoms with van der Waals surface area (Å²) in [4.78, 5) is 4.37. The van der Waals surface area contributed by atoms with Gasteiger partial charge in [-0.15, -0.1) is 0 Å². The van der Waals surface area contributed by atoms with Crippen LogP contribution >= 0.6 is 0 Å². The number of rotatable bonds is 2. The van der Waals surface area contributed by atoms with Crippen molar-refractivity contribution in [2.45, 2.75) is 19.6 Å². The van der Waals surface area contributed by atoms with E-state index in [-0.39, 0.29) is 0 Å². The van der Waals surface area contributed by atoms with Crippen LogP contribution in [0.25, 0.3) is 0 Å². The number of hydrogen-bond donors (Lipinski definition) is 0. The molecule has 0 N–H and O–H groups in total. The molecule has 2 aliphatic rings. The molecule has 75 valence electrons. The van der Waals surface area contributed by atoms with Crippen LogP contribution < -0.4 is 0 Å². The minimum atomic E-state index is -1.25. The molecule has 1 aliphatic carbocycles. The number of ether oxygens (including phenoxy) is 1. The molecule has 0 amide bonds. The third-order valence-corrected chi connectivity index (χ3v) is 4.49. The van der Waals surface area contributed by atoms with Crippen molar-refractivity contribution < 1.29 is 4.74 Å². The van der Waals surface area contributed by atoms with Gasteiger partial charge in [-0.3, -0.25) is 4.99 Å². The molecule has 0 aromatic heterocycles. The van der Waals surface area contributed by atoms with E-state index in [1.165, 1.54) is 11.5 Å². The summed E-state index contributed by atoms with van der Waals surface area (Å²) in [5, 5.41) is 0. The second-order valence-corrected chi connectivity index (χ2v) is 9.68. The maximum atomic E-state index is 5.51. The van der Waals surface area contributed by atoms with Crippen LogP contribution in [0.5, 0.6) is 0 Å². The van der Waals surface area contributed by atoms with Crippen molar-refractivity contribution in [1.29, 1.82) is 0 Å². The van der Waals surface area contributed by atoms with E-state index in [0.717, 1.165) is 19.0 Å². The standard InChI is InChI=1S/C11H16NOSi/c1-14(2,3)10-6-4-5-9(10)11-12-7-8-13-11/h4-6H,7-8H2,1-3H3. The largest absolute Gasteiger partial charge is 0.479 e. The van der Waals surface area contributed by atoms with Gasteiger partial charge in [0.05, 0.1) is 20.5 Å². The smallest absolute Gasteiger partial charge is 0.191 e. The monoisotopic (exact) mass is 206 g/mol. The molecule has 2 rings (SSSR count). The molecular formula is C11H16NOSi. The van der Waals surface area contributed by atoms with Crippen molar-refractivity contribution >= 4 is 14.0 Å². The summed E-state index contributed by atoms with van der Waals surface area (Å²) >= 11 is 0. The molecule has 3 heteroatoms. The summed E-state index contributed by atoms with van der Waals surface area (Å²) in [5.74, 6) is 2.08. The van der Waals surface area contributed by atoms with E-state index in [4.69, 9.17) is 4.74 Å². The first-order chi connectivity index (χ1) is 6.59. The quantitative estimate of drug-likeness (QED) is 0.634. The Labute approximate surface area is 87.8 Å². The molecule has 1 heterocycles. The second-order valence-electron chi connectivity index (χ2n) is 4.64. The summed E-state index contributed by atoms with van der Waals surface area (Å²) in [6, 6.07) is 0. The SMILES string of the molecule is C[Si](C)(C)[C]1[CH][CH][CH][C]1C1=NCCO1. The lowest BCUT2D eigenvalue weighted by Crippen LogP contribution is -2.35. The van der Waals surface area contributed by atoms with E-state index in [9.17, 15) is 0 Å². The molecule has 14 heavy (non-hydrogen) atoms. The lowest BCUT2D eigenvalue weighted by atomic mass is 10.1. The minimum absolute atomic E-state index is 0.742. The molecule has 5 radical (unpaired) electrons. The lowest BCUT2D eigenvalue weighted by Gasteiger charge is -2.28. The van der Waals surface area contributed by atoms with Gasteiger partial charge in [-0.25, -0.2) is 0 Å². The van der Waals surface area contributed by atoms with Crippen molar-refractivity contribution in [3.8, 4) is 0 Å². The first-order valence-electron chi connectivity index (χ1n) is 5.03. The average Bonchev–Trinajstić information content (AvgIpc) is 2.73. The van der Waals surface area contributed by atoms with E-state index in [1.807, 2.05) is 0 Å². The van der Waals surface area contributed by atoms with Crippen molar-refractivity contribution in [2.75, 3.05) is 13.2 Å². The Kier molecular flexibility index (Phi) is 2.69. The van der Waals surface area contributed by atoms with Crippen LogP contribution in [-0.2, 0) is 4.74 Å². The van der Waals surface area contributed by atoms with Crippen molar-refractivity contribution in [3.05, 3.63) is 30.7 Å². The van der Waals surface area contributed by atoms with E-state index in [1.54, 1.807) is 0 Å². The summed E-state index contributed by atoms with van der Waals surface area (Å²) in [6.07, 6.45) is 6.44. The zero-order valence-electron chi connectivity index (χ0n) is 9.00. The Bertz CT molecular complexity index is 244. The molecule has 1 fully saturated rings. The summed E-state index contributed by atoms with van der Waals surface area (Å²) in [7, 11) is -1.25. The van der Waals surface area contributed by atoms with Gasteiger partial charge in [0.1, 0.15) is 6.61 Å². The highest BCUT2D eigenvalue weighted by molar-refractivity contribution is 6.83. The molecule has 0 aromatic carbocycles. The zero-order chi connectivity index (χ0) is 10.2. The van der Waals surface area contributed by atoms with E-state index in [2.05, 4.69) is 43.9 Å². The Hall–Kier alpha value is -0.313.